The molecular formula is C13H10Cl2N2O5S. The number of hydrogen-bond acceptors (Lipinski definition) is 5. The van der Waals surface area contributed by atoms with Crippen molar-refractivity contribution >= 4 is 44.6 Å². The lowest BCUT2D eigenvalue weighted by Gasteiger charge is -2.12. The van der Waals surface area contributed by atoms with Crippen molar-refractivity contribution in [1.82, 2.24) is 0 Å². The fourth-order valence-corrected chi connectivity index (χ4v) is 3.57. The Morgan fingerprint density at radius 2 is 1.74 bits per heavy atom. The zero-order valence-corrected chi connectivity index (χ0v) is 13.9. The molecule has 0 saturated heterocycles. The molecule has 0 saturated carbocycles. The van der Waals surface area contributed by atoms with Gasteiger partial charge in [0.1, 0.15) is 10.6 Å². The van der Waals surface area contributed by atoms with Crippen molar-refractivity contribution in [2.45, 2.75) is 4.90 Å². The molecule has 0 fully saturated rings. The number of nitro groups is 1. The molecule has 23 heavy (non-hydrogen) atoms. The summed E-state index contributed by atoms with van der Waals surface area (Å²) in [7, 11) is -2.88. The van der Waals surface area contributed by atoms with E-state index < -0.39 is 14.9 Å². The van der Waals surface area contributed by atoms with Gasteiger partial charge in [-0.25, -0.2) is 8.42 Å². The number of anilines is 1. The molecule has 0 unspecified atom stereocenters. The first-order valence-corrected chi connectivity index (χ1v) is 8.28. The second kappa shape index (κ2) is 6.61. The molecule has 0 aliphatic heterocycles. The number of nitro benzene ring substituents is 1. The molecule has 2 aromatic rings. The summed E-state index contributed by atoms with van der Waals surface area (Å²) in [6.07, 6.45) is 0. The van der Waals surface area contributed by atoms with Crippen molar-refractivity contribution in [3.8, 4) is 5.75 Å². The lowest BCUT2D eigenvalue weighted by atomic mass is 10.3. The lowest BCUT2D eigenvalue weighted by Crippen LogP contribution is -2.14. The van der Waals surface area contributed by atoms with Crippen molar-refractivity contribution in [1.29, 1.82) is 0 Å². The van der Waals surface area contributed by atoms with Gasteiger partial charge in [0, 0.05) is 22.2 Å². The Kier molecular flexibility index (Phi) is 4.98. The highest BCUT2D eigenvalue weighted by Gasteiger charge is 2.23. The second-order valence-electron chi connectivity index (χ2n) is 4.36. The highest BCUT2D eigenvalue weighted by molar-refractivity contribution is 7.92. The van der Waals surface area contributed by atoms with Gasteiger partial charge >= 0.3 is 0 Å². The first-order chi connectivity index (χ1) is 10.7. The quantitative estimate of drug-likeness (QED) is 0.633. The van der Waals surface area contributed by atoms with Gasteiger partial charge in [0.05, 0.1) is 17.7 Å². The SMILES string of the molecule is COc1ccc([N+](=O)[O-])cc1S(=O)(=O)Nc1cc(Cl)cc(Cl)c1. The van der Waals surface area contributed by atoms with Crippen molar-refractivity contribution in [3.63, 3.8) is 0 Å². The minimum Gasteiger partial charge on any atom is -0.495 e. The zero-order valence-electron chi connectivity index (χ0n) is 11.6. The molecule has 0 atom stereocenters. The number of hydrogen-bond donors (Lipinski definition) is 1. The van der Waals surface area contributed by atoms with Crippen LogP contribution in [0.1, 0.15) is 0 Å². The van der Waals surface area contributed by atoms with Gasteiger partial charge in [0.25, 0.3) is 15.7 Å². The van der Waals surface area contributed by atoms with E-state index in [1.54, 1.807) is 0 Å². The van der Waals surface area contributed by atoms with Gasteiger partial charge < -0.3 is 4.74 Å². The molecule has 0 aliphatic rings. The van der Waals surface area contributed by atoms with Crippen LogP contribution in [-0.4, -0.2) is 20.5 Å². The Hall–Kier alpha value is -2.03. The van der Waals surface area contributed by atoms with E-state index in [1.165, 1.54) is 31.4 Å². The standard InChI is InChI=1S/C13H10Cl2N2O5S/c1-22-12-3-2-11(17(18)19)7-13(12)23(20,21)16-10-5-8(14)4-9(15)6-10/h2-7,16H,1H3. The van der Waals surface area contributed by atoms with Crippen LogP contribution in [0.15, 0.2) is 41.3 Å². The largest absolute Gasteiger partial charge is 0.495 e. The summed E-state index contributed by atoms with van der Waals surface area (Å²) < 4.78 is 32.2. The summed E-state index contributed by atoms with van der Waals surface area (Å²) in [5.41, 5.74) is -0.258. The Bertz CT molecular complexity index is 850. The molecule has 122 valence electrons. The van der Waals surface area contributed by atoms with E-state index in [2.05, 4.69) is 4.72 Å². The Morgan fingerprint density at radius 3 is 2.26 bits per heavy atom. The molecule has 0 radical (unpaired) electrons. The fourth-order valence-electron chi connectivity index (χ4n) is 1.81. The Balaban J connectivity index is 2.50. The second-order valence-corrected chi connectivity index (χ2v) is 6.88. The van der Waals surface area contributed by atoms with Gasteiger partial charge in [-0.2, -0.15) is 0 Å². The number of non-ortho nitro benzene ring substituents is 1. The van der Waals surface area contributed by atoms with E-state index in [0.29, 0.717) is 0 Å². The number of sulfonamides is 1. The van der Waals surface area contributed by atoms with Gasteiger partial charge in [-0.1, -0.05) is 23.2 Å². The van der Waals surface area contributed by atoms with Crippen molar-refractivity contribution in [3.05, 3.63) is 56.6 Å². The van der Waals surface area contributed by atoms with Crippen LogP contribution in [0.4, 0.5) is 11.4 Å². The Labute approximate surface area is 142 Å². The highest BCUT2D eigenvalue weighted by Crippen LogP contribution is 2.31. The van der Waals surface area contributed by atoms with E-state index in [1.807, 2.05) is 0 Å². The smallest absolute Gasteiger partial charge is 0.271 e. The predicted octanol–water partition coefficient (Wildman–Crippen LogP) is 3.71. The van der Waals surface area contributed by atoms with Crippen LogP contribution < -0.4 is 9.46 Å². The number of methoxy groups -OCH3 is 1. The molecule has 0 spiro atoms. The molecule has 7 nitrogen and oxygen atoms in total. The van der Waals surface area contributed by atoms with Gasteiger partial charge in [0.15, 0.2) is 0 Å². The van der Waals surface area contributed by atoms with Gasteiger partial charge in [0.2, 0.25) is 0 Å². The highest BCUT2D eigenvalue weighted by atomic mass is 35.5. The third kappa shape index (κ3) is 4.04. The number of benzene rings is 2. The molecule has 0 bridgehead atoms. The maximum absolute atomic E-state index is 12.5. The molecule has 0 aliphatic carbocycles. The van der Waals surface area contributed by atoms with Gasteiger partial charge in [-0.05, 0) is 24.3 Å². The van der Waals surface area contributed by atoms with E-state index >= 15 is 0 Å². The third-order valence-corrected chi connectivity index (χ3v) is 4.60. The van der Waals surface area contributed by atoms with Crippen LogP contribution in [0.3, 0.4) is 0 Å². The normalized spacial score (nSPS) is 11.1. The van der Waals surface area contributed by atoms with Crippen LogP contribution >= 0.6 is 23.2 Å². The average Bonchev–Trinajstić information content (AvgIpc) is 2.44. The predicted molar refractivity (Wildman–Crippen MR) is 86.9 cm³/mol. The van der Waals surface area contributed by atoms with Crippen LogP contribution in [-0.2, 0) is 10.0 Å². The number of ether oxygens (including phenoxy) is 1. The first kappa shape index (κ1) is 17.3. The minimum atomic E-state index is -4.14. The topological polar surface area (TPSA) is 98.5 Å². The van der Waals surface area contributed by atoms with Crippen LogP contribution in [0.5, 0.6) is 5.75 Å². The summed E-state index contributed by atoms with van der Waals surface area (Å²) >= 11 is 11.6. The molecule has 2 aromatic carbocycles. The van der Waals surface area contributed by atoms with Crippen LogP contribution in [0, 0.1) is 10.1 Å². The number of nitrogens with zero attached hydrogens (tertiary/aromatic N) is 1. The van der Waals surface area contributed by atoms with Crippen LogP contribution in [0.2, 0.25) is 10.0 Å². The van der Waals surface area contributed by atoms with Crippen molar-refractivity contribution < 1.29 is 18.1 Å². The molecular weight excluding hydrogens is 367 g/mol. The maximum Gasteiger partial charge on any atom is 0.271 e. The molecule has 0 heterocycles. The van der Waals surface area contributed by atoms with E-state index in [4.69, 9.17) is 27.9 Å². The number of halogens is 2. The fraction of sp³-hybridized carbons (Fsp3) is 0.0769. The van der Waals surface area contributed by atoms with Gasteiger partial charge in [-0.15, -0.1) is 0 Å². The van der Waals surface area contributed by atoms with Gasteiger partial charge in [-0.3, -0.25) is 14.8 Å². The number of rotatable bonds is 5. The van der Waals surface area contributed by atoms with E-state index in [0.717, 1.165) is 12.1 Å². The molecule has 0 amide bonds. The van der Waals surface area contributed by atoms with Crippen LogP contribution in [0.25, 0.3) is 0 Å². The average molecular weight is 377 g/mol. The number of nitrogens with one attached hydrogen (secondary N) is 1. The van der Waals surface area contributed by atoms with E-state index in [-0.39, 0.29) is 32.1 Å². The molecule has 10 heteroatoms. The lowest BCUT2D eigenvalue weighted by molar-refractivity contribution is -0.385. The summed E-state index contributed by atoms with van der Waals surface area (Å²) in [4.78, 5) is 9.77. The monoisotopic (exact) mass is 376 g/mol. The molecule has 0 aromatic heterocycles. The zero-order chi connectivity index (χ0) is 17.2. The maximum atomic E-state index is 12.5. The summed E-state index contributed by atoms with van der Waals surface area (Å²) in [5.74, 6) is -0.0313. The van der Waals surface area contributed by atoms with Crippen molar-refractivity contribution in [2.24, 2.45) is 0 Å². The van der Waals surface area contributed by atoms with Crippen molar-refractivity contribution in [2.75, 3.05) is 11.8 Å². The third-order valence-electron chi connectivity index (χ3n) is 2.76. The summed E-state index contributed by atoms with van der Waals surface area (Å²) in [6, 6.07) is 7.41. The summed E-state index contributed by atoms with van der Waals surface area (Å²) in [5, 5.41) is 11.3. The first-order valence-electron chi connectivity index (χ1n) is 6.04. The Morgan fingerprint density at radius 1 is 1.13 bits per heavy atom. The minimum absolute atomic E-state index is 0.0313. The molecule has 2 rings (SSSR count). The molecule has 1 N–H and O–H groups in total. The van der Waals surface area contributed by atoms with E-state index in [9.17, 15) is 18.5 Å². The summed E-state index contributed by atoms with van der Waals surface area (Å²) in [6.45, 7) is 0.